The minimum Gasteiger partial charge on any atom is -0.371 e. The summed E-state index contributed by atoms with van der Waals surface area (Å²) in [6, 6.07) is 8.69. The molecule has 0 fully saturated rings. The molecule has 3 heteroatoms. The summed E-state index contributed by atoms with van der Waals surface area (Å²) in [5.74, 6) is 0.727. The molecule has 0 bridgehead atoms. The predicted molar refractivity (Wildman–Crippen MR) is 79.6 cm³/mol. The van der Waals surface area contributed by atoms with Gasteiger partial charge in [-0.25, -0.2) is 0 Å². The average molecular weight is 247 g/mol. The molecule has 0 aromatic heterocycles. The summed E-state index contributed by atoms with van der Waals surface area (Å²) < 4.78 is 0. The lowest BCUT2D eigenvalue weighted by molar-refractivity contribution is 0.548. The lowest BCUT2D eigenvalue weighted by Gasteiger charge is -2.37. The molecule has 1 heterocycles. The number of likely N-dealkylation sites (N-methyl/N-ethyl adjacent to an activating group) is 1. The van der Waals surface area contributed by atoms with Crippen LogP contribution in [0.5, 0.6) is 0 Å². The van der Waals surface area contributed by atoms with Crippen molar-refractivity contribution in [3.8, 4) is 0 Å². The van der Waals surface area contributed by atoms with E-state index in [-0.39, 0.29) is 0 Å². The van der Waals surface area contributed by atoms with Crippen LogP contribution in [0, 0.1) is 5.92 Å². The van der Waals surface area contributed by atoms with Gasteiger partial charge in [0.2, 0.25) is 0 Å². The van der Waals surface area contributed by atoms with Crippen molar-refractivity contribution < 1.29 is 0 Å². The smallest absolute Gasteiger partial charge is 0.0605 e. The molecule has 0 unspecified atom stereocenters. The second-order valence-electron chi connectivity index (χ2n) is 5.50. The second kappa shape index (κ2) is 6.10. The molecule has 2 rings (SSSR count). The first-order valence-electron chi connectivity index (χ1n) is 6.94. The summed E-state index contributed by atoms with van der Waals surface area (Å²) >= 11 is 0. The SMILES string of the molecule is CC(C)CNCCN1CCN(C)c2ccccc21. The Hall–Kier alpha value is -1.22. The number of nitrogens with zero attached hydrogens (tertiary/aromatic N) is 2. The van der Waals surface area contributed by atoms with E-state index in [1.54, 1.807) is 0 Å². The fraction of sp³-hybridized carbons (Fsp3) is 0.600. The molecule has 0 spiro atoms. The lowest BCUT2D eigenvalue weighted by Crippen LogP contribution is -2.42. The number of nitrogens with one attached hydrogen (secondary N) is 1. The molecular formula is C15H25N3. The van der Waals surface area contributed by atoms with Gasteiger partial charge in [0.25, 0.3) is 0 Å². The zero-order valence-corrected chi connectivity index (χ0v) is 11.8. The zero-order valence-electron chi connectivity index (χ0n) is 11.8. The molecule has 0 radical (unpaired) electrons. The molecule has 1 aromatic rings. The van der Waals surface area contributed by atoms with Gasteiger partial charge in [-0.2, -0.15) is 0 Å². The first-order chi connectivity index (χ1) is 8.68. The van der Waals surface area contributed by atoms with Crippen LogP contribution in [-0.4, -0.2) is 39.8 Å². The van der Waals surface area contributed by atoms with Crippen LogP contribution < -0.4 is 15.1 Å². The molecular weight excluding hydrogens is 222 g/mol. The molecule has 0 saturated carbocycles. The monoisotopic (exact) mass is 247 g/mol. The van der Waals surface area contributed by atoms with E-state index in [4.69, 9.17) is 0 Å². The minimum absolute atomic E-state index is 0.727. The van der Waals surface area contributed by atoms with E-state index in [0.717, 1.165) is 38.6 Å². The van der Waals surface area contributed by atoms with Crippen molar-refractivity contribution in [2.75, 3.05) is 49.6 Å². The first-order valence-corrected chi connectivity index (χ1v) is 6.94. The van der Waals surface area contributed by atoms with Crippen LogP contribution in [-0.2, 0) is 0 Å². The van der Waals surface area contributed by atoms with Gasteiger partial charge < -0.3 is 15.1 Å². The summed E-state index contributed by atoms with van der Waals surface area (Å²) in [6.45, 7) is 10.00. The van der Waals surface area contributed by atoms with Gasteiger partial charge in [0.15, 0.2) is 0 Å². The Labute approximate surface area is 111 Å². The maximum atomic E-state index is 3.52. The summed E-state index contributed by atoms with van der Waals surface area (Å²) in [6.07, 6.45) is 0. The van der Waals surface area contributed by atoms with Crippen molar-refractivity contribution in [2.45, 2.75) is 13.8 Å². The Kier molecular flexibility index (Phi) is 4.48. The van der Waals surface area contributed by atoms with Crippen molar-refractivity contribution in [2.24, 2.45) is 5.92 Å². The maximum Gasteiger partial charge on any atom is 0.0605 e. The largest absolute Gasteiger partial charge is 0.371 e. The van der Waals surface area contributed by atoms with Crippen LogP contribution in [0.1, 0.15) is 13.8 Å². The number of para-hydroxylation sites is 2. The van der Waals surface area contributed by atoms with Crippen LogP contribution in [0.2, 0.25) is 0 Å². The second-order valence-corrected chi connectivity index (χ2v) is 5.50. The highest BCUT2D eigenvalue weighted by Crippen LogP contribution is 2.31. The van der Waals surface area contributed by atoms with Gasteiger partial charge >= 0.3 is 0 Å². The highest BCUT2D eigenvalue weighted by molar-refractivity contribution is 5.73. The minimum atomic E-state index is 0.727. The highest BCUT2D eigenvalue weighted by Gasteiger charge is 2.18. The number of anilines is 2. The Morgan fingerprint density at radius 3 is 2.61 bits per heavy atom. The maximum absolute atomic E-state index is 3.52. The van der Waals surface area contributed by atoms with Crippen molar-refractivity contribution >= 4 is 11.4 Å². The Morgan fingerprint density at radius 2 is 1.89 bits per heavy atom. The predicted octanol–water partition coefficient (Wildman–Crippen LogP) is 2.19. The molecule has 1 N–H and O–H groups in total. The van der Waals surface area contributed by atoms with E-state index in [9.17, 15) is 0 Å². The normalized spacial score (nSPS) is 15.1. The van der Waals surface area contributed by atoms with Crippen molar-refractivity contribution in [3.63, 3.8) is 0 Å². The molecule has 0 aliphatic carbocycles. The van der Waals surface area contributed by atoms with Gasteiger partial charge in [0.05, 0.1) is 11.4 Å². The van der Waals surface area contributed by atoms with E-state index >= 15 is 0 Å². The molecule has 0 atom stereocenters. The fourth-order valence-electron chi connectivity index (χ4n) is 2.40. The molecule has 100 valence electrons. The number of fused-ring (bicyclic) bond motifs is 1. The van der Waals surface area contributed by atoms with Gasteiger partial charge in [0, 0.05) is 33.2 Å². The number of rotatable bonds is 5. The van der Waals surface area contributed by atoms with Crippen LogP contribution >= 0.6 is 0 Å². The van der Waals surface area contributed by atoms with E-state index in [0.29, 0.717) is 0 Å². The topological polar surface area (TPSA) is 18.5 Å². The lowest BCUT2D eigenvalue weighted by atomic mass is 10.1. The number of benzene rings is 1. The number of hydrogen-bond acceptors (Lipinski definition) is 3. The first kappa shape index (κ1) is 13.2. The Bertz CT molecular complexity index is 376. The Balaban J connectivity index is 1.92. The standard InChI is InChI=1S/C15H25N3/c1-13(2)12-16-8-9-18-11-10-17(3)14-6-4-5-7-15(14)18/h4-7,13,16H,8-12H2,1-3H3. The van der Waals surface area contributed by atoms with Gasteiger partial charge in [-0.3, -0.25) is 0 Å². The third kappa shape index (κ3) is 3.16. The fourth-order valence-corrected chi connectivity index (χ4v) is 2.40. The van der Waals surface area contributed by atoms with Crippen LogP contribution in [0.4, 0.5) is 11.4 Å². The third-order valence-corrected chi connectivity index (χ3v) is 3.45. The van der Waals surface area contributed by atoms with E-state index in [2.05, 4.69) is 60.3 Å². The van der Waals surface area contributed by atoms with Crippen molar-refractivity contribution in [3.05, 3.63) is 24.3 Å². The molecule has 1 aliphatic heterocycles. The highest BCUT2D eigenvalue weighted by atomic mass is 15.3. The van der Waals surface area contributed by atoms with Crippen molar-refractivity contribution in [1.82, 2.24) is 5.32 Å². The summed E-state index contributed by atoms with van der Waals surface area (Å²) in [5, 5.41) is 3.52. The van der Waals surface area contributed by atoms with Crippen LogP contribution in [0.15, 0.2) is 24.3 Å². The molecule has 3 nitrogen and oxygen atoms in total. The summed E-state index contributed by atoms with van der Waals surface area (Å²) in [5.41, 5.74) is 2.73. The van der Waals surface area contributed by atoms with E-state index < -0.39 is 0 Å². The Morgan fingerprint density at radius 1 is 1.17 bits per heavy atom. The van der Waals surface area contributed by atoms with Crippen molar-refractivity contribution in [1.29, 1.82) is 0 Å². The van der Waals surface area contributed by atoms with Gasteiger partial charge in [-0.15, -0.1) is 0 Å². The average Bonchev–Trinajstić information content (AvgIpc) is 2.37. The van der Waals surface area contributed by atoms with E-state index in [1.807, 2.05) is 0 Å². The summed E-state index contributed by atoms with van der Waals surface area (Å²) in [4.78, 5) is 4.83. The number of hydrogen-bond donors (Lipinski definition) is 1. The zero-order chi connectivity index (χ0) is 13.0. The van der Waals surface area contributed by atoms with Crippen LogP contribution in [0.25, 0.3) is 0 Å². The molecule has 0 saturated heterocycles. The molecule has 1 aliphatic rings. The van der Waals surface area contributed by atoms with Crippen LogP contribution in [0.3, 0.4) is 0 Å². The molecule has 1 aromatic carbocycles. The van der Waals surface area contributed by atoms with Gasteiger partial charge in [-0.1, -0.05) is 26.0 Å². The quantitative estimate of drug-likeness (QED) is 0.805. The summed E-state index contributed by atoms with van der Waals surface area (Å²) in [7, 11) is 2.17. The van der Waals surface area contributed by atoms with E-state index in [1.165, 1.54) is 11.4 Å². The molecule has 0 amide bonds. The third-order valence-electron chi connectivity index (χ3n) is 3.45. The van der Waals surface area contributed by atoms with Gasteiger partial charge in [-0.05, 0) is 24.6 Å². The molecule has 18 heavy (non-hydrogen) atoms. The van der Waals surface area contributed by atoms with Gasteiger partial charge in [0.1, 0.15) is 0 Å².